The standard InChI is InChI=1S/C14H25N3O2/c1-11-8-16(5-4-14(11,3)19)9-13-10-17(6-7-18)15-12(13)2/h10-11,18-19H,4-9H2,1-3H3/t11-,14+/m1/s1. The van der Waals surface area contributed by atoms with Gasteiger partial charge in [-0.2, -0.15) is 5.10 Å². The van der Waals surface area contributed by atoms with Crippen LogP contribution in [0.25, 0.3) is 0 Å². The molecule has 2 N–H and O–H groups in total. The first-order chi connectivity index (χ1) is 8.92. The second-order valence-corrected chi connectivity index (χ2v) is 5.97. The molecule has 0 saturated carbocycles. The Morgan fingerprint density at radius 3 is 2.89 bits per heavy atom. The van der Waals surface area contributed by atoms with Crippen LogP contribution in [0.5, 0.6) is 0 Å². The fourth-order valence-corrected chi connectivity index (χ4v) is 2.62. The highest BCUT2D eigenvalue weighted by atomic mass is 16.3. The third-order valence-electron chi connectivity index (χ3n) is 4.30. The van der Waals surface area contributed by atoms with Crippen molar-refractivity contribution in [3.63, 3.8) is 0 Å². The third-order valence-corrected chi connectivity index (χ3v) is 4.30. The zero-order valence-corrected chi connectivity index (χ0v) is 12.1. The molecule has 0 bridgehead atoms. The van der Waals surface area contributed by atoms with Crippen LogP contribution in [-0.4, -0.2) is 50.2 Å². The molecule has 2 atom stereocenters. The van der Waals surface area contributed by atoms with Gasteiger partial charge in [-0.15, -0.1) is 0 Å². The average Bonchev–Trinajstić information content (AvgIpc) is 2.66. The van der Waals surface area contributed by atoms with Crippen molar-refractivity contribution < 1.29 is 10.2 Å². The molecule has 0 spiro atoms. The predicted molar refractivity (Wildman–Crippen MR) is 73.7 cm³/mol. The summed E-state index contributed by atoms with van der Waals surface area (Å²) >= 11 is 0. The van der Waals surface area contributed by atoms with E-state index in [1.54, 1.807) is 4.68 Å². The monoisotopic (exact) mass is 267 g/mol. The smallest absolute Gasteiger partial charge is 0.0669 e. The van der Waals surface area contributed by atoms with Crippen LogP contribution >= 0.6 is 0 Å². The Bertz CT molecular complexity index is 428. The summed E-state index contributed by atoms with van der Waals surface area (Å²) in [6.45, 7) is 9.41. The van der Waals surface area contributed by atoms with Crippen LogP contribution in [0, 0.1) is 12.8 Å². The van der Waals surface area contributed by atoms with Crippen molar-refractivity contribution in [2.75, 3.05) is 19.7 Å². The van der Waals surface area contributed by atoms with Crippen LogP contribution in [-0.2, 0) is 13.1 Å². The number of aromatic nitrogens is 2. The van der Waals surface area contributed by atoms with E-state index in [9.17, 15) is 5.11 Å². The lowest BCUT2D eigenvalue weighted by atomic mass is 9.84. The van der Waals surface area contributed by atoms with Crippen LogP contribution in [0.3, 0.4) is 0 Å². The maximum absolute atomic E-state index is 10.2. The second kappa shape index (κ2) is 5.61. The highest BCUT2D eigenvalue weighted by Crippen LogP contribution is 2.28. The number of aryl methyl sites for hydroxylation is 1. The molecule has 0 amide bonds. The molecule has 19 heavy (non-hydrogen) atoms. The van der Waals surface area contributed by atoms with Crippen LogP contribution in [0.15, 0.2) is 6.20 Å². The topological polar surface area (TPSA) is 61.5 Å². The minimum Gasteiger partial charge on any atom is -0.394 e. The van der Waals surface area contributed by atoms with Crippen LogP contribution < -0.4 is 0 Å². The Morgan fingerprint density at radius 2 is 2.26 bits per heavy atom. The molecule has 108 valence electrons. The number of hydrogen-bond acceptors (Lipinski definition) is 4. The molecule has 0 radical (unpaired) electrons. The number of aliphatic hydroxyl groups is 2. The van der Waals surface area contributed by atoms with Gasteiger partial charge >= 0.3 is 0 Å². The highest BCUT2D eigenvalue weighted by Gasteiger charge is 2.34. The van der Waals surface area contributed by atoms with E-state index in [0.29, 0.717) is 6.54 Å². The summed E-state index contributed by atoms with van der Waals surface area (Å²) in [4.78, 5) is 2.37. The maximum Gasteiger partial charge on any atom is 0.0669 e. The van der Waals surface area contributed by atoms with E-state index in [-0.39, 0.29) is 12.5 Å². The summed E-state index contributed by atoms with van der Waals surface area (Å²) in [5.41, 5.74) is 1.70. The summed E-state index contributed by atoms with van der Waals surface area (Å²) in [7, 11) is 0. The number of hydrogen-bond donors (Lipinski definition) is 2. The van der Waals surface area contributed by atoms with E-state index < -0.39 is 5.60 Å². The first kappa shape index (κ1) is 14.5. The number of piperidine rings is 1. The van der Waals surface area contributed by atoms with Gasteiger partial charge < -0.3 is 10.2 Å². The van der Waals surface area contributed by atoms with Crippen LogP contribution in [0.1, 0.15) is 31.5 Å². The minimum atomic E-state index is -0.535. The van der Waals surface area contributed by atoms with Crippen molar-refractivity contribution >= 4 is 0 Å². The first-order valence-electron chi connectivity index (χ1n) is 7.01. The van der Waals surface area contributed by atoms with E-state index in [0.717, 1.165) is 31.7 Å². The Kier molecular flexibility index (Phi) is 4.28. The SMILES string of the molecule is Cc1nn(CCO)cc1CN1CC[C@](C)(O)[C@H](C)C1. The number of likely N-dealkylation sites (tertiary alicyclic amines) is 1. The van der Waals surface area contributed by atoms with Gasteiger partial charge in [0.1, 0.15) is 0 Å². The molecule has 2 rings (SSSR count). The minimum absolute atomic E-state index is 0.115. The number of rotatable bonds is 4. The normalized spacial score (nSPS) is 28.8. The van der Waals surface area contributed by atoms with Crippen molar-refractivity contribution in [2.45, 2.75) is 45.9 Å². The van der Waals surface area contributed by atoms with Gasteiger partial charge in [-0.05, 0) is 26.2 Å². The van der Waals surface area contributed by atoms with Gasteiger partial charge in [0.2, 0.25) is 0 Å². The molecular formula is C14H25N3O2. The van der Waals surface area contributed by atoms with Gasteiger partial charge in [0.05, 0.1) is 24.4 Å². The van der Waals surface area contributed by atoms with Crippen LogP contribution in [0.4, 0.5) is 0 Å². The van der Waals surface area contributed by atoms with Gasteiger partial charge in [0, 0.05) is 31.4 Å². The van der Waals surface area contributed by atoms with E-state index >= 15 is 0 Å². The lowest BCUT2D eigenvalue weighted by molar-refractivity contribution is -0.0524. The lowest BCUT2D eigenvalue weighted by Crippen LogP contribution is -2.48. The quantitative estimate of drug-likeness (QED) is 0.846. The molecule has 1 saturated heterocycles. The largest absolute Gasteiger partial charge is 0.394 e. The van der Waals surface area contributed by atoms with Crippen molar-refractivity contribution in [2.24, 2.45) is 5.92 Å². The summed E-state index contributed by atoms with van der Waals surface area (Å²) in [5.74, 6) is 0.286. The molecule has 1 fully saturated rings. The van der Waals surface area contributed by atoms with E-state index in [1.165, 1.54) is 5.56 Å². The van der Waals surface area contributed by atoms with Crippen molar-refractivity contribution in [1.82, 2.24) is 14.7 Å². The molecule has 0 aromatic carbocycles. The van der Waals surface area contributed by atoms with Gasteiger partial charge in [0.15, 0.2) is 0 Å². The summed E-state index contributed by atoms with van der Waals surface area (Å²) in [6, 6.07) is 0. The third kappa shape index (κ3) is 3.35. The molecular weight excluding hydrogens is 242 g/mol. The molecule has 1 aliphatic rings. The molecule has 5 heteroatoms. The fraction of sp³-hybridized carbons (Fsp3) is 0.786. The van der Waals surface area contributed by atoms with Crippen molar-refractivity contribution in [3.05, 3.63) is 17.5 Å². The average molecular weight is 267 g/mol. The summed E-state index contributed by atoms with van der Waals surface area (Å²) in [6.07, 6.45) is 2.83. The molecule has 2 heterocycles. The molecule has 5 nitrogen and oxygen atoms in total. The van der Waals surface area contributed by atoms with Gasteiger partial charge in [0.25, 0.3) is 0 Å². The predicted octanol–water partition coefficient (Wildman–Crippen LogP) is 0.777. The van der Waals surface area contributed by atoms with E-state index in [1.807, 2.05) is 20.0 Å². The Labute approximate surface area is 114 Å². The Morgan fingerprint density at radius 1 is 1.53 bits per heavy atom. The second-order valence-electron chi connectivity index (χ2n) is 5.97. The zero-order chi connectivity index (χ0) is 14.0. The molecule has 0 unspecified atom stereocenters. The number of nitrogens with zero attached hydrogens (tertiary/aromatic N) is 3. The maximum atomic E-state index is 10.2. The zero-order valence-electron chi connectivity index (χ0n) is 12.1. The van der Waals surface area contributed by atoms with E-state index in [4.69, 9.17) is 5.11 Å². The molecule has 1 aliphatic heterocycles. The highest BCUT2D eigenvalue weighted by molar-refractivity contribution is 5.15. The fourth-order valence-electron chi connectivity index (χ4n) is 2.62. The van der Waals surface area contributed by atoms with Gasteiger partial charge in [-0.1, -0.05) is 6.92 Å². The molecule has 1 aromatic heterocycles. The number of aliphatic hydroxyl groups excluding tert-OH is 1. The van der Waals surface area contributed by atoms with Crippen molar-refractivity contribution in [1.29, 1.82) is 0 Å². The van der Waals surface area contributed by atoms with E-state index in [2.05, 4.69) is 16.9 Å². The van der Waals surface area contributed by atoms with Crippen LogP contribution in [0.2, 0.25) is 0 Å². The molecule has 1 aromatic rings. The first-order valence-corrected chi connectivity index (χ1v) is 7.01. The summed E-state index contributed by atoms with van der Waals surface area (Å²) in [5, 5.41) is 23.5. The van der Waals surface area contributed by atoms with Gasteiger partial charge in [-0.25, -0.2) is 0 Å². The van der Waals surface area contributed by atoms with Crippen molar-refractivity contribution in [3.8, 4) is 0 Å². The Hall–Kier alpha value is -0.910. The summed E-state index contributed by atoms with van der Waals surface area (Å²) < 4.78 is 1.80. The lowest BCUT2D eigenvalue weighted by Gasteiger charge is -2.41. The molecule has 0 aliphatic carbocycles. The van der Waals surface area contributed by atoms with Gasteiger partial charge in [-0.3, -0.25) is 9.58 Å². The Balaban J connectivity index is 1.98.